The first-order valence-electron chi connectivity index (χ1n) is 8.56. The van der Waals surface area contributed by atoms with Crippen molar-refractivity contribution in [3.63, 3.8) is 0 Å². The predicted octanol–water partition coefficient (Wildman–Crippen LogP) is 2.87. The number of nitrogens with two attached hydrogens (primary N) is 1. The van der Waals surface area contributed by atoms with Crippen molar-refractivity contribution in [3.05, 3.63) is 54.7 Å². The van der Waals surface area contributed by atoms with Gasteiger partial charge in [0.1, 0.15) is 11.6 Å². The summed E-state index contributed by atoms with van der Waals surface area (Å²) in [6.07, 6.45) is 9.00. The Hall–Kier alpha value is -3.22. The molecule has 0 unspecified atom stereocenters. The number of hydrogen-bond acceptors (Lipinski definition) is 7. The molecule has 26 heavy (non-hydrogen) atoms. The summed E-state index contributed by atoms with van der Waals surface area (Å²) >= 11 is 0. The van der Waals surface area contributed by atoms with E-state index in [2.05, 4.69) is 24.8 Å². The van der Waals surface area contributed by atoms with Crippen LogP contribution in [0.5, 0.6) is 5.75 Å². The van der Waals surface area contributed by atoms with Gasteiger partial charge in [-0.2, -0.15) is 0 Å². The Balaban J connectivity index is 1.79. The monoisotopic (exact) mass is 348 g/mol. The minimum absolute atomic E-state index is 0.0817. The Bertz CT molecular complexity index is 902. The van der Waals surface area contributed by atoms with Crippen LogP contribution in [0, 0.1) is 0 Å². The molecular formula is C19H20N6O. The molecule has 0 spiro atoms. The highest BCUT2D eigenvalue weighted by Crippen LogP contribution is 2.39. The van der Waals surface area contributed by atoms with Crippen molar-refractivity contribution in [1.29, 1.82) is 0 Å². The van der Waals surface area contributed by atoms with E-state index in [0.29, 0.717) is 0 Å². The topological polar surface area (TPSA) is 90.0 Å². The second-order valence-corrected chi connectivity index (χ2v) is 6.17. The number of rotatable bonds is 4. The molecule has 3 heterocycles. The molecule has 1 aromatic carbocycles. The molecule has 0 amide bonds. The van der Waals surface area contributed by atoms with Gasteiger partial charge in [-0.1, -0.05) is 12.1 Å². The maximum absolute atomic E-state index is 5.92. The fourth-order valence-corrected chi connectivity index (χ4v) is 3.44. The number of hydrogen-bond donors (Lipinski definition) is 1. The van der Waals surface area contributed by atoms with Gasteiger partial charge in [0, 0.05) is 30.7 Å². The maximum Gasteiger partial charge on any atom is 0.220 e. The summed E-state index contributed by atoms with van der Waals surface area (Å²) in [6.45, 7) is 0.908. The Morgan fingerprint density at radius 3 is 2.92 bits per heavy atom. The average molecular weight is 348 g/mol. The minimum Gasteiger partial charge on any atom is -0.497 e. The van der Waals surface area contributed by atoms with Gasteiger partial charge in [0.2, 0.25) is 5.95 Å². The Morgan fingerprint density at radius 1 is 1.19 bits per heavy atom. The third-order valence-corrected chi connectivity index (χ3v) is 4.63. The van der Waals surface area contributed by atoms with Crippen molar-refractivity contribution in [3.8, 4) is 16.9 Å². The Morgan fingerprint density at radius 2 is 2.12 bits per heavy atom. The lowest BCUT2D eigenvalue weighted by atomic mass is 9.99. The first-order chi connectivity index (χ1) is 12.8. The highest BCUT2D eigenvalue weighted by atomic mass is 16.5. The van der Waals surface area contributed by atoms with Crippen LogP contribution in [0.3, 0.4) is 0 Å². The summed E-state index contributed by atoms with van der Waals surface area (Å²) in [7, 11) is 1.66. The van der Waals surface area contributed by atoms with E-state index in [1.165, 1.54) is 0 Å². The van der Waals surface area contributed by atoms with E-state index in [-0.39, 0.29) is 12.0 Å². The number of benzene rings is 1. The zero-order valence-corrected chi connectivity index (χ0v) is 14.5. The van der Waals surface area contributed by atoms with Crippen molar-refractivity contribution in [1.82, 2.24) is 19.9 Å². The Labute approximate surface area is 151 Å². The zero-order valence-electron chi connectivity index (χ0n) is 14.5. The molecule has 0 radical (unpaired) electrons. The number of nitrogens with zero attached hydrogens (tertiary/aromatic N) is 5. The lowest BCUT2D eigenvalue weighted by Crippen LogP contribution is -2.25. The molecule has 1 saturated heterocycles. The van der Waals surface area contributed by atoms with Gasteiger partial charge < -0.3 is 15.4 Å². The summed E-state index contributed by atoms with van der Waals surface area (Å²) in [6, 6.07) is 7.98. The van der Waals surface area contributed by atoms with Crippen LogP contribution in [0.2, 0.25) is 0 Å². The lowest BCUT2D eigenvalue weighted by Gasteiger charge is -2.26. The van der Waals surface area contributed by atoms with E-state index in [1.807, 2.05) is 24.3 Å². The second-order valence-electron chi connectivity index (χ2n) is 6.17. The van der Waals surface area contributed by atoms with Crippen LogP contribution in [0.15, 0.2) is 49.1 Å². The fraction of sp³-hybridized carbons (Fsp3) is 0.263. The second kappa shape index (κ2) is 6.95. The molecular weight excluding hydrogens is 328 g/mol. The molecule has 0 saturated carbocycles. The minimum atomic E-state index is 0.0817. The highest BCUT2D eigenvalue weighted by Gasteiger charge is 2.31. The van der Waals surface area contributed by atoms with Crippen molar-refractivity contribution >= 4 is 11.8 Å². The standard InChI is InChI=1S/C19H20N6O/c1-26-14-5-2-4-13(10-14)15-11-23-19(20)24-18(15)16-6-3-9-25(16)17-12-21-7-8-22-17/h2,4-5,7-8,10-12,16H,3,6,9H2,1H3,(H2,20,23,24)/t16-/m0/s1. The zero-order chi connectivity index (χ0) is 17.9. The molecule has 0 aliphatic carbocycles. The molecule has 132 valence electrons. The first kappa shape index (κ1) is 16.3. The van der Waals surface area contributed by atoms with Gasteiger partial charge in [-0.25, -0.2) is 15.0 Å². The number of ether oxygens (including phenoxy) is 1. The fourth-order valence-electron chi connectivity index (χ4n) is 3.44. The number of nitrogen functional groups attached to an aromatic ring is 1. The molecule has 7 nitrogen and oxygen atoms in total. The van der Waals surface area contributed by atoms with Crippen LogP contribution < -0.4 is 15.4 Å². The number of anilines is 2. The van der Waals surface area contributed by atoms with E-state index in [4.69, 9.17) is 10.5 Å². The summed E-state index contributed by atoms with van der Waals surface area (Å²) in [4.78, 5) is 19.7. The van der Waals surface area contributed by atoms with E-state index < -0.39 is 0 Å². The Kier molecular flexibility index (Phi) is 4.35. The maximum atomic E-state index is 5.92. The molecule has 1 aliphatic heterocycles. The quantitative estimate of drug-likeness (QED) is 0.775. The third-order valence-electron chi connectivity index (χ3n) is 4.63. The van der Waals surface area contributed by atoms with Crippen molar-refractivity contribution in [2.75, 3.05) is 24.3 Å². The lowest BCUT2D eigenvalue weighted by molar-refractivity contribution is 0.415. The van der Waals surface area contributed by atoms with E-state index in [9.17, 15) is 0 Å². The van der Waals surface area contributed by atoms with Crippen LogP contribution in [0.25, 0.3) is 11.1 Å². The van der Waals surface area contributed by atoms with Crippen molar-refractivity contribution < 1.29 is 4.74 Å². The van der Waals surface area contributed by atoms with Crippen molar-refractivity contribution in [2.45, 2.75) is 18.9 Å². The molecule has 1 fully saturated rings. The van der Waals surface area contributed by atoms with Crippen LogP contribution in [0.1, 0.15) is 24.6 Å². The van der Waals surface area contributed by atoms with Gasteiger partial charge in [0.15, 0.2) is 0 Å². The van der Waals surface area contributed by atoms with Crippen LogP contribution in [-0.2, 0) is 0 Å². The van der Waals surface area contributed by atoms with Gasteiger partial charge in [-0.15, -0.1) is 0 Å². The summed E-state index contributed by atoms with van der Waals surface area (Å²) in [5, 5.41) is 0. The van der Waals surface area contributed by atoms with Crippen LogP contribution in [-0.4, -0.2) is 33.6 Å². The average Bonchev–Trinajstić information content (AvgIpc) is 3.18. The molecule has 2 aromatic heterocycles. The van der Waals surface area contributed by atoms with Gasteiger partial charge in [-0.3, -0.25) is 4.98 Å². The van der Waals surface area contributed by atoms with Crippen LogP contribution in [0.4, 0.5) is 11.8 Å². The highest BCUT2D eigenvalue weighted by molar-refractivity contribution is 5.68. The predicted molar refractivity (Wildman–Crippen MR) is 99.8 cm³/mol. The molecule has 0 bridgehead atoms. The normalized spacial score (nSPS) is 16.7. The summed E-state index contributed by atoms with van der Waals surface area (Å²) in [5.41, 5.74) is 8.79. The SMILES string of the molecule is COc1cccc(-c2cnc(N)nc2[C@@H]2CCCN2c2cnccn2)c1. The molecule has 1 aliphatic rings. The smallest absolute Gasteiger partial charge is 0.220 e. The number of methoxy groups -OCH3 is 1. The first-order valence-corrected chi connectivity index (χ1v) is 8.56. The van der Waals surface area contributed by atoms with E-state index >= 15 is 0 Å². The summed E-state index contributed by atoms with van der Waals surface area (Å²) < 4.78 is 5.36. The number of aromatic nitrogens is 4. The molecule has 7 heteroatoms. The van der Waals surface area contributed by atoms with Gasteiger partial charge in [0.25, 0.3) is 0 Å². The molecule has 3 aromatic rings. The van der Waals surface area contributed by atoms with Gasteiger partial charge in [0.05, 0.1) is 25.0 Å². The molecule has 2 N–H and O–H groups in total. The largest absolute Gasteiger partial charge is 0.497 e. The van der Waals surface area contributed by atoms with E-state index in [0.717, 1.165) is 47.8 Å². The van der Waals surface area contributed by atoms with Crippen LogP contribution >= 0.6 is 0 Å². The van der Waals surface area contributed by atoms with Gasteiger partial charge in [-0.05, 0) is 30.5 Å². The third kappa shape index (κ3) is 3.03. The molecule has 1 atom stereocenters. The van der Waals surface area contributed by atoms with Gasteiger partial charge >= 0.3 is 0 Å². The molecule has 4 rings (SSSR count). The van der Waals surface area contributed by atoms with E-state index in [1.54, 1.807) is 31.9 Å². The van der Waals surface area contributed by atoms with Crippen molar-refractivity contribution in [2.24, 2.45) is 0 Å². The summed E-state index contributed by atoms with van der Waals surface area (Å²) in [5.74, 6) is 1.92.